The number of pyridine rings is 2. The van der Waals surface area contributed by atoms with Gasteiger partial charge in [0, 0.05) is 34.7 Å². The van der Waals surface area contributed by atoms with E-state index in [-0.39, 0.29) is 16.1 Å². The molecule has 0 amide bonds. The summed E-state index contributed by atoms with van der Waals surface area (Å²) in [6, 6.07) is 12.1. The summed E-state index contributed by atoms with van der Waals surface area (Å²) in [6.07, 6.45) is 6.83. The third-order valence-electron chi connectivity index (χ3n) is 5.51. The van der Waals surface area contributed by atoms with Gasteiger partial charge in [-0.1, -0.05) is 23.7 Å². The highest BCUT2D eigenvalue weighted by molar-refractivity contribution is 6.31. The molecule has 32 heavy (non-hydrogen) atoms. The van der Waals surface area contributed by atoms with Gasteiger partial charge in [-0.3, -0.25) is 24.1 Å². The van der Waals surface area contributed by atoms with Gasteiger partial charge in [0.05, 0.1) is 34.5 Å². The Balaban J connectivity index is 1.70. The van der Waals surface area contributed by atoms with Crippen LogP contribution in [0.5, 0.6) is 0 Å². The topological polar surface area (TPSA) is 81.4 Å². The van der Waals surface area contributed by atoms with Crippen molar-refractivity contribution in [2.75, 3.05) is 0 Å². The molecule has 156 valence electrons. The summed E-state index contributed by atoms with van der Waals surface area (Å²) in [5.74, 6) is -0.563. The van der Waals surface area contributed by atoms with Crippen molar-refractivity contribution in [3.05, 3.63) is 94.0 Å². The molecule has 0 radical (unpaired) electrons. The van der Waals surface area contributed by atoms with Gasteiger partial charge in [0.1, 0.15) is 5.82 Å². The van der Waals surface area contributed by atoms with E-state index in [1.165, 1.54) is 16.7 Å². The first-order chi connectivity index (χ1) is 15.6. The molecule has 0 saturated heterocycles. The van der Waals surface area contributed by atoms with Crippen LogP contribution in [-0.2, 0) is 6.54 Å². The first-order valence-corrected chi connectivity index (χ1v) is 10.2. The van der Waals surface area contributed by atoms with Crippen LogP contribution in [-0.4, -0.2) is 29.5 Å². The van der Waals surface area contributed by atoms with Crippen LogP contribution in [0.3, 0.4) is 0 Å². The van der Waals surface area contributed by atoms with Crippen LogP contribution in [0.2, 0.25) is 5.02 Å². The van der Waals surface area contributed by atoms with Gasteiger partial charge in [-0.25, -0.2) is 4.39 Å². The van der Waals surface area contributed by atoms with Crippen LogP contribution in [0.1, 0.15) is 5.56 Å². The molecule has 0 aliphatic carbocycles. The lowest BCUT2D eigenvalue weighted by atomic mass is 10.1. The number of hydrogen-bond donors (Lipinski definition) is 1. The van der Waals surface area contributed by atoms with Gasteiger partial charge in [0.2, 0.25) is 0 Å². The molecule has 0 atom stereocenters. The standard InChI is InChI=1S/C23H14ClFN6O/c24-17-8-21-14(7-18(17)25)16-12-30(11-13-3-2-6-26-9-13)29-22(16)23(32)31(21)20-5-1-4-19-15(20)10-27-28-19/h1-10,12H,11H2,(H,27,28). The van der Waals surface area contributed by atoms with Crippen molar-refractivity contribution in [1.29, 1.82) is 0 Å². The van der Waals surface area contributed by atoms with Crippen molar-refractivity contribution in [3.8, 4) is 5.69 Å². The van der Waals surface area contributed by atoms with Crippen molar-refractivity contribution < 1.29 is 4.39 Å². The highest BCUT2D eigenvalue weighted by atomic mass is 35.5. The summed E-state index contributed by atoms with van der Waals surface area (Å²) >= 11 is 6.12. The van der Waals surface area contributed by atoms with Gasteiger partial charge in [-0.15, -0.1) is 0 Å². The molecule has 1 N–H and O–H groups in total. The Kier molecular flexibility index (Phi) is 4.09. The third-order valence-corrected chi connectivity index (χ3v) is 5.80. The molecular formula is C23H14ClFN6O. The normalized spacial score (nSPS) is 11.7. The molecule has 0 unspecified atom stereocenters. The maximum Gasteiger partial charge on any atom is 0.284 e. The molecule has 0 spiro atoms. The largest absolute Gasteiger partial charge is 0.284 e. The van der Waals surface area contributed by atoms with Crippen LogP contribution in [0.15, 0.2) is 72.0 Å². The quantitative estimate of drug-likeness (QED) is 0.437. The maximum atomic E-state index is 14.5. The van der Waals surface area contributed by atoms with E-state index in [1.807, 2.05) is 30.3 Å². The molecule has 0 bridgehead atoms. The smallest absolute Gasteiger partial charge is 0.278 e. The summed E-state index contributed by atoms with van der Waals surface area (Å²) in [4.78, 5) is 17.8. The second-order valence-corrected chi connectivity index (χ2v) is 7.89. The number of aromatic nitrogens is 6. The Morgan fingerprint density at radius 2 is 1.97 bits per heavy atom. The fourth-order valence-electron chi connectivity index (χ4n) is 4.08. The fourth-order valence-corrected chi connectivity index (χ4v) is 4.23. The molecular weight excluding hydrogens is 431 g/mol. The number of halogens is 2. The zero-order valence-electron chi connectivity index (χ0n) is 16.5. The average Bonchev–Trinajstić information content (AvgIpc) is 3.44. The van der Waals surface area contributed by atoms with Crippen molar-refractivity contribution in [2.24, 2.45) is 0 Å². The molecule has 0 aliphatic heterocycles. The molecule has 2 aromatic carbocycles. The van der Waals surface area contributed by atoms with Crippen molar-refractivity contribution in [1.82, 2.24) is 29.5 Å². The lowest BCUT2D eigenvalue weighted by Gasteiger charge is -2.12. The minimum absolute atomic E-state index is 0.0629. The number of H-pyrrole nitrogens is 1. The maximum absolute atomic E-state index is 14.5. The Bertz CT molecular complexity index is 1700. The number of aromatic amines is 1. The van der Waals surface area contributed by atoms with Gasteiger partial charge in [-0.2, -0.15) is 10.2 Å². The molecule has 0 saturated carbocycles. The number of hydrogen-bond acceptors (Lipinski definition) is 4. The van der Waals surface area contributed by atoms with E-state index >= 15 is 0 Å². The summed E-state index contributed by atoms with van der Waals surface area (Å²) in [5, 5.41) is 13.3. The van der Waals surface area contributed by atoms with E-state index in [1.54, 1.807) is 29.5 Å². The molecule has 4 aromatic heterocycles. The molecule has 6 rings (SSSR count). The zero-order valence-corrected chi connectivity index (χ0v) is 17.2. The minimum Gasteiger partial charge on any atom is -0.278 e. The molecule has 0 fully saturated rings. The van der Waals surface area contributed by atoms with E-state index in [0.29, 0.717) is 28.5 Å². The number of rotatable bonds is 3. The van der Waals surface area contributed by atoms with Crippen LogP contribution in [0, 0.1) is 5.82 Å². The number of nitrogens with zero attached hydrogens (tertiary/aromatic N) is 5. The summed E-state index contributed by atoms with van der Waals surface area (Å²) < 4.78 is 17.7. The average molecular weight is 445 g/mol. The van der Waals surface area contributed by atoms with E-state index in [0.717, 1.165) is 16.5 Å². The van der Waals surface area contributed by atoms with Gasteiger partial charge in [0.25, 0.3) is 5.56 Å². The van der Waals surface area contributed by atoms with Crippen molar-refractivity contribution >= 4 is 44.3 Å². The number of fused-ring (bicyclic) bond motifs is 4. The lowest BCUT2D eigenvalue weighted by molar-refractivity contribution is 0.630. The fraction of sp³-hybridized carbons (Fsp3) is 0.0435. The summed E-state index contributed by atoms with van der Waals surface area (Å²) in [7, 11) is 0. The third kappa shape index (κ3) is 2.80. The van der Waals surface area contributed by atoms with Gasteiger partial charge < -0.3 is 0 Å². The van der Waals surface area contributed by atoms with E-state index in [9.17, 15) is 9.18 Å². The second kappa shape index (κ2) is 7.00. The molecule has 7 nitrogen and oxygen atoms in total. The van der Waals surface area contributed by atoms with Crippen molar-refractivity contribution in [2.45, 2.75) is 6.54 Å². The molecule has 6 aromatic rings. The highest BCUT2D eigenvalue weighted by Gasteiger charge is 2.19. The first kappa shape index (κ1) is 18.7. The van der Waals surface area contributed by atoms with Gasteiger partial charge >= 0.3 is 0 Å². The predicted molar refractivity (Wildman–Crippen MR) is 121 cm³/mol. The van der Waals surface area contributed by atoms with Crippen LogP contribution in [0.4, 0.5) is 4.39 Å². The van der Waals surface area contributed by atoms with E-state index < -0.39 is 5.82 Å². The van der Waals surface area contributed by atoms with Gasteiger partial charge in [-0.05, 0) is 35.9 Å². The number of nitrogens with one attached hydrogen (secondary N) is 1. The summed E-state index contributed by atoms with van der Waals surface area (Å²) in [5.41, 5.74) is 2.72. The second-order valence-electron chi connectivity index (χ2n) is 7.48. The molecule has 0 aliphatic rings. The van der Waals surface area contributed by atoms with E-state index in [4.69, 9.17) is 11.6 Å². The Hall–Kier alpha value is -4.04. The highest BCUT2D eigenvalue weighted by Crippen LogP contribution is 2.31. The van der Waals surface area contributed by atoms with Gasteiger partial charge in [0.15, 0.2) is 5.52 Å². The predicted octanol–water partition coefficient (Wildman–Crippen LogP) is 4.45. The van der Waals surface area contributed by atoms with Crippen molar-refractivity contribution in [3.63, 3.8) is 0 Å². The number of benzene rings is 2. The SMILES string of the molecule is O=c1c2nn(Cc3cccnc3)cc2c2cc(F)c(Cl)cc2n1-c1cccc2[nH]ncc12. The Morgan fingerprint density at radius 1 is 1.06 bits per heavy atom. The Morgan fingerprint density at radius 3 is 2.81 bits per heavy atom. The van der Waals surface area contributed by atoms with Crippen LogP contribution in [0.25, 0.3) is 38.4 Å². The Labute approximate surface area is 184 Å². The minimum atomic E-state index is -0.563. The monoisotopic (exact) mass is 444 g/mol. The first-order valence-electron chi connectivity index (χ1n) is 9.82. The molecule has 9 heteroatoms. The summed E-state index contributed by atoms with van der Waals surface area (Å²) in [6.45, 7) is 0.427. The van der Waals surface area contributed by atoms with E-state index in [2.05, 4.69) is 20.3 Å². The van der Waals surface area contributed by atoms with Crippen LogP contribution < -0.4 is 5.56 Å². The lowest BCUT2D eigenvalue weighted by Crippen LogP contribution is -2.20. The van der Waals surface area contributed by atoms with Crippen LogP contribution >= 0.6 is 11.6 Å². The zero-order chi connectivity index (χ0) is 21.8. The molecule has 4 heterocycles.